The molecule has 3 aromatic rings. The van der Waals surface area contributed by atoms with E-state index in [2.05, 4.69) is 20.3 Å². The SMILES string of the molecule is Cc1nc(C2CCCN(C(=O)Cn3cccnc3=O)C2)ncc1C(=O)NCc1ccccc1. The van der Waals surface area contributed by atoms with Crippen molar-refractivity contribution in [1.29, 1.82) is 0 Å². The van der Waals surface area contributed by atoms with Crippen molar-refractivity contribution in [1.82, 2.24) is 29.7 Å². The average molecular weight is 447 g/mol. The second-order valence-corrected chi connectivity index (χ2v) is 8.10. The first-order valence-corrected chi connectivity index (χ1v) is 11.0. The van der Waals surface area contributed by atoms with Gasteiger partial charge in [0.2, 0.25) is 5.91 Å². The first-order chi connectivity index (χ1) is 16.0. The molecule has 170 valence electrons. The fourth-order valence-electron chi connectivity index (χ4n) is 3.95. The van der Waals surface area contributed by atoms with Gasteiger partial charge < -0.3 is 10.2 Å². The topological polar surface area (TPSA) is 110 Å². The zero-order valence-electron chi connectivity index (χ0n) is 18.5. The van der Waals surface area contributed by atoms with E-state index in [1.165, 1.54) is 10.8 Å². The Morgan fingerprint density at radius 3 is 2.73 bits per heavy atom. The van der Waals surface area contributed by atoms with Crippen LogP contribution in [-0.2, 0) is 17.9 Å². The van der Waals surface area contributed by atoms with Crippen LogP contribution < -0.4 is 11.0 Å². The van der Waals surface area contributed by atoms with Gasteiger partial charge in [-0.3, -0.25) is 14.2 Å². The van der Waals surface area contributed by atoms with Gasteiger partial charge in [-0.1, -0.05) is 30.3 Å². The van der Waals surface area contributed by atoms with E-state index in [-0.39, 0.29) is 24.3 Å². The van der Waals surface area contributed by atoms with Crippen LogP contribution in [0.3, 0.4) is 0 Å². The smallest absolute Gasteiger partial charge is 0.347 e. The molecule has 0 aliphatic carbocycles. The van der Waals surface area contributed by atoms with Gasteiger partial charge in [0.25, 0.3) is 5.91 Å². The number of rotatable bonds is 6. The van der Waals surface area contributed by atoms with Gasteiger partial charge in [-0.2, -0.15) is 0 Å². The van der Waals surface area contributed by atoms with Crippen molar-refractivity contribution >= 4 is 11.8 Å². The average Bonchev–Trinajstić information content (AvgIpc) is 2.84. The molecule has 2 amide bonds. The lowest BCUT2D eigenvalue weighted by molar-refractivity contribution is -0.133. The molecule has 0 bridgehead atoms. The molecule has 0 spiro atoms. The molecule has 1 N–H and O–H groups in total. The van der Waals surface area contributed by atoms with Crippen molar-refractivity contribution < 1.29 is 9.59 Å². The molecule has 1 aliphatic heterocycles. The van der Waals surface area contributed by atoms with Gasteiger partial charge in [0.15, 0.2) is 0 Å². The van der Waals surface area contributed by atoms with E-state index in [9.17, 15) is 14.4 Å². The van der Waals surface area contributed by atoms with Crippen molar-refractivity contribution in [3.05, 3.63) is 88.1 Å². The predicted octanol–water partition coefficient (Wildman–Crippen LogP) is 1.68. The van der Waals surface area contributed by atoms with E-state index < -0.39 is 5.69 Å². The summed E-state index contributed by atoms with van der Waals surface area (Å²) >= 11 is 0. The molecule has 3 heterocycles. The maximum atomic E-state index is 12.7. The Labute approximate surface area is 191 Å². The molecule has 4 rings (SSSR count). The van der Waals surface area contributed by atoms with Gasteiger partial charge in [0.05, 0.1) is 11.3 Å². The summed E-state index contributed by atoms with van der Waals surface area (Å²) in [6, 6.07) is 11.3. The third-order valence-corrected chi connectivity index (χ3v) is 5.77. The monoisotopic (exact) mass is 446 g/mol. The summed E-state index contributed by atoms with van der Waals surface area (Å²) in [7, 11) is 0. The Morgan fingerprint density at radius 1 is 1.15 bits per heavy atom. The molecular formula is C24H26N6O3. The number of aryl methyl sites for hydroxylation is 1. The number of hydrogen-bond donors (Lipinski definition) is 1. The highest BCUT2D eigenvalue weighted by Crippen LogP contribution is 2.25. The third-order valence-electron chi connectivity index (χ3n) is 5.77. The maximum Gasteiger partial charge on any atom is 0.347 e. The van der Waals surface area contributed by atoms with Crippen molar-refractivity contribution in [3.63, 3.8) is 0 Å². The molecule has 9 heteroatoms. The van der Waals surface area contributed by atoms with Crippen LogP contribution in [0.2, 0.25) is 0 Å². The van der Waals surface area contributed by atoms with Crippen LogP contribution in [0.4, 0.5) is 0 Å². The maximum absolute atomic E-state index is 12.7. The normalized spacial score (nSPS) is 15.8. The largest absolute Gasteiger partial charge is 0.348 e. The molecule has 9 nitrogen and oxygen atoms in total. The van der Waals surface area contributed by atoms with Crippen LogP contribution in [0, 0.1) is 6.92 Å². The van der Waals surface area contributed by atoms with Crippen molar-refractivity contribution in [2.75, 3.05) is 13.1 Å². The molecule has 1 saturated heterocycles. The number of benzene rings is 1. The summed E-state index contributed by atoms with van der Waals surface area (Å²) in [5.74, 6) is 0.255. The lowest BCUT2D eigenvalue weighted by Gasteiger charge is -2.32. The number of hydrogen-bond acceptors (Lipinski definition) is 6. The number of piperidine rings is 1. The van der Waals surface area contributed by atoms with Crippen LogP contribution in [0.25, 0.3) is 0 Å². The highest BCUT2D eigenvalue weighted by molar-refractivity contribution is 5.94. The molecule has 0 saturated carbocycles. The summed E-state index contributed by atoms with van der Waals surface area (Å²) in [5.41, 5.74) is 1.62. The summed E-state index contributed by atoms with van der Waals surface area (Å²) in [5, 5.41) is 2.90. The van der Waals surface area contributed by atoms with E-state index in [1.54, 1.807) is 30.3 Å². The fourth-order valence-corrected chi connectivity index (χ4v) is 3.95. The Kier molecular flexibility index (Phi) is 6.87. The highest BCUT2D eigenvalue weighted by atomic mass is 16.2. The molecule has 1 aliphatic rings. The Hall–Kier alpha value is -3.88. The molecule has 1 atom stereocenters. The second kappa shape index (κ2) is 10.2. The molecule has 33 heavy (non-hydrogen) atoms. The second-order valence-electron chi connectivity index (χ2n) is 8.10. The number of carbonyl (C=O) groups is 2. The molecule has 1 unspecified atom stereocenters. The Balaban J connectivity index is 1.39. The number of aromatic nitrogens is 4. The summed E-state index contributed by atoms with van der Waals surface area (Å²) < 4.78 is 1.30. The Morgan fingerprint density at radius 2 is 1.97 bits per heavy atom. The molecule has 1 aromatic carbocycles. The number of nitrogens with zero attached hydrogens (tertiary/aromatic N) is 5. The zero-order chi connectivity index (χ0) is 23.2. The van der Waals surface area contributed by atoms with Crippen LogP contribution >= 0.6 is 0 Å². The van der Waals surface area contributed by atoms with Crippen LogP contribution in [0.1, 0.15) is 46.2 Å². The Bertz CT molecular complexity index is 1190. The lowest BCUT2D eigenvalue weighted by Crippen LogP contribution is -2.42. The van der Waals surface area contributed by atoms with E-state index in [0.29, 0.717) is 36.7 Å². The number of nitrogens with one attached hydrogen (secondary N) is 1. The number of likely N-dealkylation sites (tertiary alicyclic amines) is 1. The highest BCUT2D eigenvalue weighted by Gasteiger charge is 2.27. The van der Waals surface area contributed by atoms with Crippen molar-refractivity contribution in [2.45, 2.75) is 38.8 Å². The predicted molar refractivity (Wildman–Crippen MR) is 121 cm³/mol. The number of amides is 2. The first-order valence-electron chi connectivity index (χ1n) is 11.0. The fraction of sp³-hybridized carbons (Fsp3) is 0.333. The van der Waals surface area contributed by atoms with Crippen molar-refractivity contribution in [2.24, 2.45) is 0 Å². The van der Waals surface area contributed by atoms with Gasteiger partial charge in [-0.15, -0.1) is 0 Å². The van der Waals surface area contributed by atoms with Gasteiger partial charge in [0.1, 0.15) is 12.4 Å². The number of carbonyl (C=O) groups excluding carboxylic acids is 2. The van der Waals surface area contributed by atoms with Crippen LogP contribution in [0.15, 0.2) is 59.8 Å². The first kappa shape index (κ1) is 22.3. The van der Waals surface area contributed by atoms with E-state index in [1.807, 2.05) is 30.3 Å². The minimum atomic E-state index is -0.445. The van der Waals surface area contributed by atoms with Gasteiger partial charge >= 0.3 is 5.69 Å². The lowest BCUT2D eigenvalue weighted by atomic mass is 9.96. The van der Waals surface area contributed by atoms with Gasteiger partial charge in [-0.25, -0.2) is 19.7 Å². The molecule has 2 aromatic heterocycles. The summed E-state index contributed by atoms with van der Waals surface area (Å²) in [6.45, 7) is 3.29. The third kappa shape index (κ3) is 5.49. The van der Waals surface area contributed by atoms with E-state index in [4.69, 9.17) is 0 Å². The molecule has 0 radical (unpaired) electrons. The van der Waals surface area contributed by atoms with Crippen molar-refractivity contribution in [3.8, 4) is 0 Å². The minimum Gasteiger partial charge on any atom is -0.348 e. The van der Waals surface area contributed by atoms with E-state index in [0.717, 1.165) is 18.4 Å². The summed E-state index contributed by atoms with van der Waals surface area (Å²) in [4.78, 5) is 51.6. The zero-order valence-corrected chi connectivity index (χ0v) is 18.5. The summed E-state index contributed by atoms with van der Waals surface area (Å²) in [6.07, 6.45) is 6.21. The minimum absolute atomic E-state index is 0.0200. The molecule has 1 fully saturated rings. The quantitative estimate of drug-likeness (QED) is 0.617. The van der Waals surface area contributed by atoms with Gasteiger partial charge in [0, 0.05) is 44.1 Å². The van der Waals surface area contributed by atoms with E-state index >= 15 is 0 Å². The van der Waals surface area contributed by atoms with Gasteiger partial charge in [-0.05, 0) is 31.4 Å². The van der Waals surface area contributed by atoms with Crippen LogP contribution in [0.5, 0.6) is 0 Å². The standard InChI is InChI=1S/C24H26N6O3/c1-17-20(23(32)27-13-18-7-3-2-4-8-18)14-26-22(28-17)19-9-5-11-29(15-19)21(31)16-30-12-6-10-25-24(30)33/h2-4,6-8,10,12,14,19H,5,9,11,13,15-16H2,1H3,(H,27,32). The van der Waals surface area contributed by atoms with Crippen LogP contribution in [-0.4, -0.2) is 49.3 Å². The molecular weight excluding hydrogens is 420 g/mol.